The summed E-state index contributed by atoms with van der Waals surface area (Å²) in [5, 5.41) is 5.85. The monoisotopic (exact) mass is 574 g/mol. The van der Waals surface area contributed by atoms with E-state index in [2.05, 4.69) is 15.6 Å². The molecule has 0 atom stereocenters. The minimum atomic E-state index is -4.65. The van der Waals surface area contributed by atoms with E-state index in [1.54, 1.807) is 22.9 Å². The fourth-order valence-electron chi connectivity index (χ4n) is 3.10. The van der Waals surface area contributed by atoms with Crippen molar-refractivity contribution in [3.05, 3.63) is 105 Å². The summed E-state index contributed by atoms with van der Waals surface area (Å²) < 4.78 is 54.3. The number of pyridine rings is 1. The number of alkyl halides is 3. The van der Waals surface area contributed by atoms with Crippen molar-refractivity contribution >= 4 is 29.9 Å². The molecule has 3 rings (SSSR count). The van der Waals surface area contributed by atoms with Gasteiger partial charge in [-0.25, -0.2) is 4.39 Å². The summed E-state index contributed by atoms with van der Waals surface area (Å²) in [5.74, 6) is -0.633. The van der Waals surface area contributed by atoms with Gasteiger partial charge >= 0.3 is 6.18 Å². The van der Waals surface area contributed by atoms with Gasteiger partial charge in [0.15, 0.2) is 5.96 Å². The summed E-state index contributed by atoms with van der Waals surface area (Å²) in [7, 11) is 1.51. The van der Waals surface area contributed by atoms with Crippen LogP contribution >= 0.6 is 24.0 Å². The molecule has 33 heavy (non-hydrogen) atoms. The number of guanidine groups is 1. The van der Waals surface area contributed by atoms with Gasteiger partial charge < -0.3 is 15.2 Å². The first-order valence-corrected chi connectivity index (χ1v) is 9.79. The maximum absolute atomic E-state index is 13.2. The third-order valence-electron chi connectivity index (χ3n) is 4.78. The van der Waals surface area contributed by atoms with E-state index in [0.29, 0.717) is 25.1 Å². The molecular formula is C23H23F4IN4O. The quantitative estimate of drug-likeness (QED) is 0.197. The van der Waals surface area contributed by atoms with Crippen LogP contribution in [0.3, 0.4) is 0 Å². The minimum absolute atomic E-state index is 0. The molecule has 0 bridgehead atoms. The van der Waals surface area contributed by atoms with Crippen LogP contribution in [-0.2, 0) is 25.8 Å². The zero-order valence-electron chi connectivity index (χ0n) is 17.7. The Morgan fingerprint density at radius 2 is 1.64 bits per heavy atom. The van der Waals surface area contributed by atoms with Crippen LogP contribution in [0.1, 0.15) is 22.3 Å². The Kier molecular flexibility index (Phi) is 9.44. The van der Waals surface area contributed by atoms with Crippen molar-refractivity contribution < 1.29 is 17.6 Å². The Labute approximate surface area is 205 Å². The van der Waals surface area contributed by atoms with Crippen LogP contribution < -0.4 is 16.2 Å². The molecule has 0 amide bonds. The summed E-state index contributed by atoms with van der Waals surface area (Å²) in [6.45, 7) is 0.677. The van der Waals surface area contributed by atoms with Gasteiger partial charge in [-0.1, -0.05) is 36.4 Å². The zero-order chi connectivity index (χ0) is 23.1. The normalized spacial score (nSPS) is 11.6. The van der Waals surface area contributed by atoms with Gasteiger partial charge in [0.25, 0.3) is 5.56 Å². The van der Waals surface area contributed by atoms with Crippen molar-refractivity contribution in [1.29, 1.82) is 0 Å². The Balaban J connectivity index is 0.00000385. The molecule has 3 aromatic rings. The fraction of sp³-hybridized carbons (Fsp3) is 0.217. The third kappa shape index (κ3) is 7.58. The number of nitrogens with one attached hydrogen (secondary N) is 2. The van der Waals surface area contributed by atoms with E-state index in [9.17, 15) is 22.4 Å². The lowest BCUT2D eigenvalue weighted by atomic mass is 10.1. The average molecular weight is 574 g/mol. The lowest BCUT2D eigenvalue weighted by Crippen LogP contribution is -2.36. The molecule has 2 aromatic carbocycles. The van der Waals surface area contributed by atoms with Crippen LogP contribution in [0.15, 0.2) is 76.6 Å². The first kappa shape index (κ1) is 26.4. The van der Waals surface area contributed by atoms with E-state index in [-0.39, 0.29) is 41.6 Å². The van der Waals surface area contributed by atoms with Crippen molar-refractivity contribution in [3.63, 3.8) is 0 Å². The first-order chi connectivity index (χ1) is 15.3. The van der Waals surface area contributed by atoms with Gasteiger partial charge in [0, 0.05) is 32.4 Å². The number of benzene rings is 2. The van der Waals surface area contributed by atoms with Crippen LogP contribution in [0.2, 0.25) is 0 Å². The molecular weight excluding hydrogens is 551 g/mol. The molecule has 1 heterocycles. The molecule has 0 radical (unpaired) electrons. The maximum atomic E-state index is 13.2. The van der Waals surface area contributed by atoms with Gasteiger partial charge in [0.2, 0.25) is 0 Å². The summed E-state index contributed by atoms with van der Waals surface area (Å²) in [5.41, 5.74) is 0.703. The van der Waals surface area contributed by atoms with Crippen LogP contribution in [-0.4, -0.2) is 17.6 Å². The van der Waals surface area contributed by atoms with E-state index in [0.717, 1.165) is 23.3 Å². The lowest BCUT2D eigenvalue weighted by molar-refractivity contribution is -0.138. The van der Waals surface area contributed by atoms with Crippen LogP contribution in [0, 0.1) is 5.82 Å². The largest absolute Gasteiger partial charge is 0.416 e. The summed E-state index contributed by atoms with van der Waals surface area (Å²) in [6, 6.07) is 15.2. The van der Waals surface area contributed by atoms with E-state index in [4.69, 9.17) is 0 Å². The highest BCUT2D eigenvalue weighted by molar-refractivity contribution is 14.0. The molecule has 10 heteroatoms. The molecule has 0 aliphatic carbocycles. The fourth-order valence-corrected chi connectivity index (χ4v) is 3.10. The van der Waals surface area contributed by atoms with Gasteiger partial charge in [-0.05, 0) is 34.9 Å². The van der Waals surface area contributed by atoms with Gasteiger partial charge in [-0.3, -0.25) is 9.79 Å². The van der Waals surface area contributed by atoms with Crippen molar-refractivity contribution in [2.24, 2.45) is 4.99 Å². The molecule has 0 saturated carbocycles. The smallest absolute Gasteiger partial charge is 0.352 e. The Morgan fingerprint density at radius 3 is 2.27 bits per heavy atom. The number of hydrogen-bond donors (Lipinski definition) is 2. The Hall–Kier alpha value is -2.89. The standard InChI is InChI=1S/C23H22F4N4O.HI/c1-28-22(30-14-18-9-10-19(24)12-20(18)23(25,26)27)29-13-16-5-7-17(8-6-16)15-31-11-3-2-4-21(31)32;/h2-12H,13-15H2,1H3,(H2,28,29,30);1H. The van der Waals surface area contributed by atoms with Gasteiger partial charge in [-0.15, -0.1) is 24.0 Å². The minimum Gasteiger partial charge on any atom is -0.352 e. The SMILES string of the molecule is CN=C(NCc1ccc(Cn2ccccc2=O)cc1)NCc1ccc(F)cc1C(F)(F)F.I. The second-order valence-corrected chi connectivity index (χ2v) is 7.06. The Bertz CT molecular complexity index is 1140. The number of halogens is 5. The number of hydrogen-bond acceptors (Lipinski definition) is 2. The molecule has 2 N–H and O–H groups in total. The second-order valence-electron chi connectivity index (χ2n) is 7.06. The molecule has 176 valence electrons. The predicted octanol–water partition coefficient (Wildman–Crippen LogP) is 4.54. The molecule has 0 aliphatic heterocycles. The van der Waals surface area contributed by atoms with Crippen molar-refractivity contribution in [2.75, 3.05) is 7.05 Å². The van der Waals surface area contributed by atoms with Crippen molar-refractivity contribution in [3.8, 4) is 0 Å². The van der Waals surface area contributed by atoms with E-state index in [1.807, 2.05) is 24.3 Å². The molecule has 0 saturated heterocycles. The molecule has 0 aliphatic rings. The van der Waals surface area contributed by atoms with Crippen molar-refractivity contribution in [2.45, 2.75) is 25.8 Å². The number of rotatable bonds is 6. The van der Waals surface area contributed by atoms with Crippen molar-refractivity contribution in [1.82, 2.24) is 15.2 Å². The van der Waals surface area contributed by atoms with Crippen LogP contribution in [0.4, 0.5) is 17.6 Å². The molecule has 5 nitrogen and oxygen atoms in total. The van der Waals surface area contributed by atoms with Crippen LogP contribution in [0.25, 0.3) is 0 Å². The summed E-state index contributed by atoms with van der Waals surface area (Å²) in [4.78, 5) is 15.8. The molecule has 0 unspecified atom stereocenters. The first-order valence-electron chi connectivity index (χ1n) is 9.79. The molecule has 0 fully saturated rings. The van der Waals surface area contributed by atoms with E-state index < -0.39 is 17.6 Å². The van der Waals surface area contributed by atoms with Gasteiger partial charge in [0.1, 0.15) is 5.82 Å². The number of nitrogens with zero attached hydrogens (tertiary/aromatic N) is 2. The highest BCUT2D eigenvalue weighted by Gasteiger charge is 2.33. The third-order valence-corrected chi connectivity index (χ3v) is 4.78. The molecule has 1 aromatic heterocycles. The van der Waals surface area contributed by atoms with E-state index in [1.165, 1.54) is 13.1 Å². The number of aliphatic imine (C=N–C) groups is 1. The highest BCUT2D eigenvalue weighted by Crippen LogP contribution is 2.32. The summed E-state index contributed by atoms with van der Waals surface area (Å²) >= 11 is 0. The maximum Gasteiger partial charge on any atom is 0.416 e. The van der Waals surface area contributed by atoms with Gasteiger partial charge in [0.05, 0.1) is 12.1 Å². The highest BCUT2D eigenvalue weighted by atomic mass is 127. The van der Waals surface area contributed by atoms with Gasteiger partial charge in [-0.2, -0.15) is 13.2 Å². The summed E-state index contributed by atoms with van der Waals surface area (Å²) in [6.07, 6.45) is -2.93. The van der Waals surface area contributed by atoms with Crippen LogP contribution in [0.5, 0.6) is 0 Å². The predicted molar refractivity (Wildman–Crippen MR) is 130 cm³/mol. The number of aromatic nitrogens is 1. The second kappa shape index (κ2) is 11.8. The molecule has 0 spiro atoms. The van der Waals surface area contributed by atoms with E-state index >= 15 is 0 Å². The average Bonchev–Trinajstić information content (AvgIpc) is 2.76. The zero-order valence-corrected chi connectivity index (χ0v) is 20.0. The lowest BCUT2D eigenvalue weighted by Gasteiger charge is -2.16. The Morgan fingerprint density at radius 1 is 0.970 bits per heavy atom. The topological polar surface area (TPSA) is 58.4 Å².